The molecule has 0 unspecified atom stereocenters. The van der Waals surface area contributed by atoms with Crippen molar-refractivity contribution in [2.24, 2.45) is 0 Å². The van der Waals surface area contributed by atoms with Crippen molar-refractivity contribution in [3.63, 3.8) is 0 Å². The molecule has 0 bridgehead atoms. The zero-order valence-electron chi connectivity index (χ0n) is 9.61. The van der Waals surface area contributed by atoms with E-state index in [9.17, 15) is 9.18 Å². The highest BCUT2D eigenvalue weighted by molar-refractivity contribution is 9.10. The monoisotopic (exact) mass is 308 g/mol. The molecular weight excluding hydrogens is 299 g/mol. The molecule has 0 aliphatic rings. The van der Waals surface area contributed by atoms with E-state index in [2.05, 4.69) is 20.7 Å². The zero-order chi connectivity index (χ0) is 13.1. The lowest BCUT2D eigenvalue weighted by molar-refractivity contribution is 0.0600. The second-order valence-electron chi connectivity index (χ2n) is 3.73. The van der Waals surface area contributed by atoms with Gasteiger partial charge in [-0.25, -0.2) is 9.18 Å². The van der Waals surface area contributed by atoms with Crippen LogP contribution in [0.4, 0.5) is 4.39 Å². The number of esters is 1. The third-order valence-electron chi connectivity index (χ3n) is 2.48. The molecule has 0 radical (unpaired) electrons. The molecule has 2 aromatic carbocycles. The number of benzene rings is 2. The van der Waals surface area contributed by atoms with Crippen molar-refractivity contribution in [3.05, 3.63) is 58.3 Å². The van der Waals surface area contributed by atoms with Gasteiger partial charge < -0.3 is 4.74 Å². The molecular formula is C14H10BrFO2. The lowest BCUT2D eigenvalue weighted by Gasteiger charge is -2.06. The Kier molecular flexibility index (Phi) is 3.77. The van der Waals surface area contributed by atoms with Gasteiger partial charge >= 0.3 is 5.97 Å². The van der Waals surface area contributed by atoms with E-state index in [0.29, 0.717) is 5.56 Å². The van der Waals surface area contributed by atoms with E-state index in [-0.39, 0.29) is 5.56 Å². The van der Waals surface area contributed by atoms with Gasteiger partial charge in [0.2, 0.25) is 0 Å². The highest BCUT2D eigenvalue weighted by atomic mass is 79.9. The van der Waals surface area contributed by atoms with Gasteiger partial charge in [-0.05, 0) is 41.5 Å². The van der Waals surface area contributed by atoms with Crippen LogP contribution in [0.25, 0.3) is 11.1 Å². The maximum absolute atomic E-state index is 13.5. The number of hydrogen-bond acceptors (Lipinski definition) is 2. The second-order valence-corrected chi connectivity index (χ2v) is 4.65. The van der Waals surface area contributed by atoms with E-state index in [1.165, 1.54) is 13.2 Å². The van der Waals surface area contributed by atoms with Crippen molar-refractivity contribution in [1.82, 2.24) is 0 Å². The van der Waals surface area contributed by atoms with Crippen LogP contribution >= 0.6 is 15.9 Å². The Hall–Kier alpha value is -1.68. The maximum Gasteiger partial charge on any atom is 0.337 e. The Morgan fingerprint density at radius 3 is 2.61 bits per heavy atom. The molecule has 0 aliphatic carbocycles. The first kappa shape index (κ1) is 12.8. The molecule has 4 heteroatoms. The highest BCUT2D eigenvalue weighted by Crippen LogP contribution is 2.25. The standard InChI is InChI=1S/C14H10BrFO2/c1-18-14(17)11-5-10(7-13(16)8-11)9-3-2-4-12(15)6-9/h2-8H,1H3. The molecule has 2 rings (SSSR count). The summed E-state index contributed by atoms with van der Waals surface area (Å²) in [5.41, 5.74) is 1.67. The molecule has 0 aromatic heterocycles. The summed E-state index contributed by atoms with van der Waals surface area (Å²) < 4.78 is 19.0. The van der Waals surface area contributed by atoms with Gasteiger partial charge in [-0.3, -0.25) is 0 Å². The first-order valence-electron chi connectivity index (χ1n) is 5.25. The van der Waals surface area contributed by atoms with E-state index in [1.807, 2.05) is 24.3 Å². The Balaban J connectivity index is 2.51. The van der Waals surface area contributed by atoms with Crippen LogP contribution < -0.4 is 0 Å². The molecule has 92 valence electrons. The Morgan fingerprint density at radius 1 is 1.17 bits per heavy atom. The maximum atomic E-state index is 13.5. The van der Waals surface area contributed by atoms with Crippen LogP contribution in [0.1, 0.15) is 10.4 Å². The summed E-state index contributed by atoms with van der Waals surface area (Å²) in [6.45, 7) is 0. The van der Waals surface area contributed by atoms with Crippen molar-refractivity contribution < 1.29 is 13.9 Å². The SMILES string of the molecule is COC(=O)c1cc(F)cc(-c2cccc(Br)c2)c1. The van der Waals surface area contributed by atoms with E-state index in [0.717, 1.165) is 16.1 Å². The minimum atomic E-state index is -0.550. The van der Waals surface area contributed by atoms with Gasteiger partial charge in [-0.1, -0.05) is 28.1 Å². The molecule has 18 heavy (non-hydrogen) atoms. The van der Waals surface area contributed by atoms with Gasteiger partial charge in [0, 0.05) is 4.47 Å². The molecule has 0 saturated heterocycles. The topological polar surface area (TPSA) is 26.3 Å². The van der Waals surface area contributed by atoms with Crippen molar-refractivity contribution >= 4 is 21.9 Å². The smallest absolute Gasteiger partial charge is 0.337 e. The number of carbonyl (C=O) groups excluding carboxylic acids is 1. The van der Waals surface area contributed by atoms with E-state index < -0.39 is 11.8 Å². The summed E-state index contributed by atoms with van der Waals surface area (Å²) in [6.07, 6.45) is 0. The fourth-order valence-electron chi connectivity index (χ4n) is 1.66. The molecule has 0 atom stereocenters. The summed E-state index contributed by atoms with van der Waals surface area (Å²) >= 11 is 3.35. The largest absolute Gasteiger partial charge is 0.465 e. The molecule has 0 heterocycles. The molecule has 0 N–H and O–H groups in total. The summed E-state index contributed by atoms with van der Waals surface area (Å²) in [6, 6.07) is 11.6. The lowest BCUT2D eigenvalue weighted by Crippen LogP contribution is -2.02. The number of carbonyl (C=O) groups is 1. The van der Waals surface area contributed by atoms with Gasteiger partial charge in [0.05, 0.1) is 12.7 Å². The predicted octanol–water partition coefficient (Wildman–Crippen LogP) is 4.04. The van der Waals surface area contributed by atoms with Crippen molar-refractivity contribution in [2.45, 2.75) is 0 Å². The summed E-state index contributed by atoms with van der Waals surface area (Å²) in [7, 11) is 1.27. The molecule has 0 aliphatic heterocycles. The molecule has 0 amide bonds. The molecule has 0 fully saturated rings. The summed E-state index contributed by atoms with van der Waals surface area (Å²) in [5, 5.41) is 0. The normalized spacial score (nSPS) is 10.2. The number of hydrogen-bond donors (Lipinski definition) is 0. The van der Waals surface area contributed by atoms with Crippen molar-refractivity contribution in [1.29, 1.82) is 0 Å². The van der Waals surface area contributed by atoms with Crippen LogP contribution in [0.15, 0.2) is 46.9 Å². The van der Waals surface area contributed by atoms with Crippen LogP contribution in [0.3, 0.4) is 0 Å². The molecule has 2 nitrogen and oxygen atoms in total. The molecule has 0 spiro atoms. The Labute approximate surface area is 113 Å². The first-order valence-corrected chi connectivity index (χ1v) is 6.04. The third-order valence-corrected chi connectivity index (χ3v) is 2.97. The van der Waals surface area contributed by atoms with Crippen LogP contribution in [0.5, 0.6) is 0 Å². The third kappa shape index (κ3) is 2.76. The fraction of sp³-hybridized carbons (Fsp3) is 0.0714. The zero-order valence-corrected chi connectivity index (χ0v) is 11.2. The number of rotatable bonds is 2. The van der Waals surface area contributed by atoms with E-state index in [4.69, 9.17) is 0 Å². The Morgan fingerprint density at radius 2 is 1.94 bits per heavy atom. The summed E-state index contributed by atoms with van der Waals surface area (Å²) in [4.78, 5) is 11.4. The van der Waals surface area contributed by atoms with Crippen molar-refractivity contribution in [2.75, 3.05) is 7.11 Å². The van der Waals surface area contributed by atoms with E-state index >= 15 is 0 Å². The van der Waals surface area contributed by atoms with Gasteiger partial charge in [-0.15, -0.1) is 0 Å². The molecule has 2 aromatic rings. The average Bonchev–Trinajstić information content (AvgIpc) is 2.37. The van der Waals surface area contributed by atoms with E-state index in [1.54, 1.807) is 6.07 Å². The van der Waals surface area contributed by atoms with Gasteiger partial charge in [0.25, 0.3) is 0 Å². The van der Waals surface area contributed by atoms with Crippen LogP contribution in [0, 0.1) is 5.82 Å². The molecule has 0 saturated carbocycles. The van der Waals surface area contributed by atoms with Crippen LogP contribution in [-0.4, -0.2) is 13.1 Å². The number of halogens is 2. The summed E-state index contributed by atoms with van der Waals surface area (Å²) in [5.74, 6) is -1.02. The van der Waals surface area contributed by atoms with Gasteiger partial charge in [0.15, 0.2) is 0 Å². The highest BCUT2D eigenvalue weighted by Gasteiger charge is 2.10. The van der Waals surface area contributed by atoms with Gasteiger partial charge in [0.1, 0.15) is 5.82 Å². The first-order chi connectivity index (χ1) is 8.60. The Bertz CT molecular complexity index is 596. The lowest BCUT2D eigenvalue weighted by atomic mass is 10.0. The van der Waals surface area contributed by atoms with Crippen LogP contribution in [0.2, 0.25) is 0 Å². The van der Waals surface area contributed by atoms with Crippen molar-refractivity contribution in [3.8, 4) is 11.1 Å². The minimum Gasteiger partial charge on any atom is -0.465 e. The quantitative estimate of drug-likeness (QED) is 0.783. The minimum absolute atomic E-state index is 0.201. The average molecular weight is 309 g/mol. The number of methoxy groups -OCH3 is 1. The van der Waals surface area contributed by atoms with Gasteiger partial charge in [-0.2, -0.15) is 0 Å². The predicted molar refractivity (Wildman–Crippen MR) is 70.9 cm³/mol. The fourth-order valence-corrected chi connectivity index (χ4v) is 2.06. The second kappa shape index (κ2) is 5.31. The van der Waals surface area contributed by atoms with Crippen LogP contribution in [-0.2, 0) is 4.74 Å². The number of ether oxygens (including phenoxy) is 1.